The topological polar surface area (TPSA) is 32.3 Å². The van der Waals surface area contributed by atoms with Crippen molar-refractivity contribution in [2.24, 2.45) is 11.3 Å². The molecule has 1 saturated heterocycles. The van der Waals surface area contributed by atoms with Crippen molar-refractivity contribution in [3.8, 4) is 0 Å². The van der Waals surface area contributed by atoms with Crippen LogP contribution in [0, 0.1) is 11.3 Å². The van der Waals surface area contributed by atoms with Crippen LogP contribution in [0.4, 0.5) is 0 Å². The first-order valence-corrected chi connectivity index (χ1v) is 6.96. The Balaban J connectivity index is 0.00000180. The Morgan fingerprint density at radius 2 is 2.00 bits per heavy atom. The van der Waals surface area contributed by atoms with Gasteiger partial charge in [-0.25, -0.2) is 0 Å². The van der Waals surface area contributed by atoms with E-state index in [4.69, 9.17) is 0 Å². The van der Waals surface area contributed by atoms with Gasteiger partial charge in [0.15, 0.2) is 0 Å². The van der Waals surface area contributed by atoms with Crippen LogP contribution in [0.2, 0.25) is 0 Å². The van der Waals surface area contributed by atoms with Gasteiger partial charge >= 0.3 is 0 Å². The van der Waals surface area contributed by atoms with Crippen molar-refractivity contribution in [3.05, 3.63) is 25.3 Å². The summed E-state index contributed by atoms with van der Waals surface area (Å²) in [6.07, 6.45) is 8.28. The van der Waals surface area contributed by atoms with Gasteiger partial charge in [-0.2, -0.15) is 0 Å². The van der Waals surface area contributed by atoms with Crippen LogP contribution >= 0.6 is 12.4 Å². The third-order valence-electron chi connectivity index (χ3n) is 4.45. The Hall–Kier alpha value is -0.800. The Kier molecular flexibility index (Phi) is 6.08. The molecule has 1 aliphatic heterocycles. The molecule has 3 nitrogen and oxygen atoms in total. The lowest BCUT2D eigenvalue weighted by molar-refractivity contribution is -0.144. The zero-order valence-electron chi connectivity index (χ0n) is 11.6. The van der Waals surface area contributed by atoms with Gasteiger partial charge in [0.1, 0.15) is 0 Å². The molecule has 0 radical (unpaired) electrons. The van der Waals surface area contributed by atoms with E-state index < -0.39 is 0 Å². The van der Waals surface area contributed by atoms with Crippen LogP contribution in [-0.2, 0) is 4.79 Å². The number of amides is 1. The average Bonchev–Trinajstić information content (AvgIpc) is 2.82. The molecule has 0 unspecified atom stereocenters. The predicted octanol–water partition coefficient (Wildman–Crippen LogP) is 2.39. The molecule has 108 valence electrons. The summed E-state index contributed by atoms with van der Waals surface area (Å²) in [7, 11) is 0. The van der Waals surface area contributed by atoms with Gasteiger partial charge in [-0.1, -0.05) is 25.0 Å². The summed E-state index contributed by atoms with van der Waals surface area (Å²) in [6.45, 7) is 10.6. The smallest absolute Gasteiger partial charge is 0.230 e. The lowest BCUT2D eigenvalue weighted by atomic mass is 9.67. The largest absolute Gasteiger partial charge is 0.335 e. The number of nitrogens with zero attached hydrogens (tertiary/aromatic N) is 1. The fourth-order valence-electron chi connectivity index (χ4n) is 3.54. The summed E-state index contributed by atoms with van der Waals surface area (Å²) in [5.41, 5.74) is -0.149. The van der Waals surface area contributed by atoms with Crippen LogP contribution in [0.15, 0.2) is 25.3 Å². The standard InChI is InChI=1S/C15H24N2O.ClH/c1-3-9-17(10-4-2)14(18)15-8-6-5-7-13(15)11-16-12-15;/h3-4,13,16H,1-2,5-12H2;1H/t13-,15+;/m0./s1. The Morgan fingerprint density at radius 3 is 2.63 bits per heavy atom. The van der Waals surface area contributed by atoms with Crippen molar-refractivity contribution < 1.29 is 4.79 Å². The Labute approximate surface area is 122 Å². The fraction of sp³-hybridized carbons (Fsp3) is 0.667. The van der Waals surface area contributed by atoms with E-state index in [0.717, 1.165) is 19.5 Å². The van der Waals surface area contributed by atoms with Gasteiger partial charge < -0.3 is 10.2 Å². The van der Waals surface area contributed by atoms with Gasteiger partial charge in [-0.3, -0.25) is 4.79 Å². The third-order valence-corrected chi connectivity index (χ3v) is 4.45. The molecule has 2 fully saturated rings. The van der Waals surface area contributed by atoms with Crippen LogP contribution in [0.25, 0.3) is 0 Å². The molecule has 0 aromatic heterocycles. The molecule has 1 heterocycles. The molecule has 1 saturated carbocycles. The van der Waals surface area contributed by atoms with Crippen LogP contribution in [0.5, 0.6) is 0 Å². The van der Waals surface area contributed by atoms with Gasteiger partial charge in [-0.05, 0) is 25.3 Å². The molecular weight excluding hydrogens is 260 g/mol. The highest BCUT2D eigenvalue weighted by Crippen LogP contribution is 2.45. The number of fused-ring (bicyclic) bond motifs is 1. The highest BCUT2D eigenvalue weighted by atomic mass is 35.5. The van der Waals surface area contributed by atoms with Crippen LogP contribution in [0.3, 0.4) is 0 Å². The number of hydrogen-bond donors (Lipinski definition) is 1. The fourth-order valence-corrected chi connectivity index (χ4v) is 3.54. The summed E-state index contributed by atoms with van der Waals surface area (Å²) in [5, 5.41) is 3.43. The first-order valence-electron chi connectivity index (χ1n) is 6.96. The number of carbonyl (C=O) groups excluding carboxylic acids is 1. The van der Waals surface area contributed by atoms with Crippen molar-refractivity contribution >= 4 is 18.3 Å². The molecule has 0 aromatic rings. The summed E-state index contributed by atoms with van der Waals surface area (Å²) in [4.78, 5) is 14.8. The van der Waals surface area contributed by atoms with Crippen molar-refractivity contribution in [3.63, 3.8) is 0 Å². The summed E-state index contributed by atoms with van der Waals surface area (Å²) in [5.74, 6) is 0.827. The number of carbonyl (C=O) groups is 1. The summed E-state index contributed by atoms with van der Waals surface area (Å²) < 4.78 is 0. The monoisotopic (exact) mass is 284 g/mol. The lowest BCUT2D eigenvalue weighted by Crippen LogP contribution is -2.49. The average molecular weight is 285 g/mol. The second kappa shape index (κ2) is 7.11. The van der Waals surface area contributed by atoms with E-state index in [-0.39, 0.29) is 17.8 Å². The molecule has 1 aliphatic carbocycles. The molecule has 0 spiro atoms. The van der Waals surface area contributed by atoms with Gasteiger partial charge in [0.25, 0.3) is 0 Å². The van der Waals surface area contributed by atoms with E-state index >= 15 is 0 Å². The first-order chi connectivity index (χ1) is 8.74. The minimum Gasteiger partial charge on any atom is -0.335 e. The number of rotatable bonds is 5. The Bertz CT molecular complexity index is 335. The van der Waals surface area contributed by atoms with E-state index in [1.165, 1.54) is 19.3 Å². The van der Waals surface area contributed by atoms with Crippen LogP contribution < -0.4 is 5.32 Å². The molecule has 2 atom stereocenters. The molecular formula is C15H25ClN2O. The number of nitrogens with one attached hydrogen (secondary N) is 1. The van der Waals surface area contributed by atoms with E-state index in [1.807, 2.05) is 4.90 Å². The number of halogens is 1. The molecule has 1 amide bonds. The van der Waals surface area contributed by atoms with E-state index in [1.54, 1.807) is 12.2 Å². The molecule has 1 N–H and O–H groups in total. The molecule has 0 bridgehead atoms. The summed E-state index contributed by atoms with van der Waals surface area (Å²) in [6, 6.07) is 0. The van der Waals surface area contributed by atoms with Gasteiger partial charge in [-0.15, -0.1) is 25.6 Å². The predicted molar refractivity (Wildman–Crippen MR) is 81.5 cm³/mol. The SMILES string of the molecule is C=CCN(CC=C)C(=O)[C@@]12CCCC[C@H]1CNC2.Cl. The van der Waals surface area contributed by atoms with Crippen molar-refractivity contribution in [1.82, 2.24) is 10.2 Å². The van der Waals surface area contributed by atoms with Crippen LogP contribution in [0.1, 0.15) is 25.7 Å². The number of hydrogen-bond acceptors (Lipinski definition) is 2. The lowest BCUT2D eigenvalue weighted by Gasteiger charge is -2.40. The van der Waals surface area contributed by atoms with Gasteiger partial charge in [0.05, 0.1) is 5.41 Å². The van der Waals surface area contributed by atoms with Crippen molar-refractivity contribution in [2.45, 2.75) is 25.7 Å². The normalized spacial score (nSPS) is 28.9. The molecule has 0 aromatic carbocycles. The molecule has 2 rings (SSSR count). The van der Waals surface area contributed by atoms with Crippen molar-refractivity contribution in [2.75, 3.05) is 26.2 Å². The first kappa shape index (κ1) is 16.3. The third kappa shape index (κ3) is 3.03. The second-order valence-corrected chi connectivity index (χ2v) is 5.52. The molecule has 2 aliphatic rings. The maximum Gasteiger partial charge on any atom is 0.230 e. The second-order valence-electron chi connectivity index (χ2n) is 5.52. The highest BCUT2D eigenvalue weighted by molar-refractivity contribution is 5.85. The quantitative estimate of drug-likeness (QED) is 0.786. The summed E-state index contributed by atoms with van der Waals surface area (Å²) >= 11 is 0. The van der Waals surface area contributed by atoms with Gasteiger partial charge in [0, 0.05) is 19.6 Å². The highest BCUT2D eigenvalue weighted by Gasteiger charge is 2.51. The molecule has 19 heavy (non-hydrogen) atoms. The zero-order chi connectivity index (χ0) is 13.0. The van der Waals surface area contributed by atoms with Gasteiger partial charge in [0.2, 0.25) is 5.91 Å². The van der Waals surface area contributed by atoms with E-state index in [9.17, 15) is 4.79 Å². The zero-order valence-corrected chi connectivity index (χ0v) is 12.4. The molecule has 4 heteroatoms. The Morgan fingerprint density at radius 1 is 1.32 bits per heavy atom. The van der Waals surface area contributed by atoms with E-state index in [0.29, 0.717) is 24.9 Å². The van der Waals surface area contributed by atoms with Crippen molar-refractivity contribution in [1.29, 1.82) is 0 Å². The minimum absolute atomic E-state index is 0. The minimum atomic E-state index is -0.149. The maximum absolute atomic E-state index is 12.9. The van der Waals surface area contributed by atoms with E-state index in [2.05, 4.69) is 18.5 Å². The maximum atomic E-state index is 12.9. The van der Waals surface area contributed by atoms with Crippen LogP contribution in [-0.4, -0.2) is 37.0 Å².